The standard InChI is InChI=1S/C11H22O4Si.C9H20O5Si.2CH4/c1-12-7-13-8-14-16-5-4-9-2-3-10-11(6-9)15-10;1-10-7-12-8-14-15-4-2-3-11-5-9-6-13-9;;/h9-11H,2-8,16H2,1H3;9H,2-8,15H2,1H3;2*1H4. The van der Waals surface area contributed by atoms with Crippen LogP contribution in [0.15, 0.2) is 0 Å². The van der Waals surface area contributed by atoms with Crippen LogP contribution in [0.5, 0.6) is 0 Å². The number of hydrogen-bond donors (Lipinski definition) is 0. The molecule has 3 aliphatic rings. The number of fused-ring (bicyclic) bond motifs is 1. The fourth-order valence-corrected chi connectivity index (χ4v) is 5.51. The Balaban J connectivity index is 0.000000587. The molecule has 2 heterocycles. The molecule has 9 nitrogen and oxygen atoms in total. The summed E-state index contributed by atoms with van der Waals surface area (Å²) in [5.74, 6) is 0.889. The quantitative estimate of drug-likeness (QED) is 0.111. The summed E-state index contributed by atoms with van der Waals surface area (Å²) in [6.45, 7) is 3.83. The molecular formula is C22H50O9Si2. The predicted molar refractivity (Wildman–Crippen MR) is 134 cm³/mol. The van der Waals surface area contributed by atoms with Crippen LogP contribution in [0.1, 0.15) is 47.0 Å². The van der Waals surface area contributed by atoms with E-state index >= 15 is 0 Å². The van der Waals surface area contributed by atoms with Gasteiger partial charge in [0.1, 0.15) is 33.3 Å². The summed E-state index contributed by atoms with van der Waals surface area (Å²) >= 11 is 0. The van der Waals surface area contributed by atoms with E-state index < -0.39 is 9.76 Å². The molecule has 0 amide bonds. The summed E-state index contributed by atoms with van der Waals surface area (Å²) < 4.78 is 46.3. The Labute approximate surface area is 206 Å². The van der Waals surface area contributed by atoms with Gasteiger partial charge in [0.25, 0.3) is 0 Å². The van der Waals surface area contributed by atoms with Crippen LogP contribution < -0.4 is 0 Å². The molecule has 0 spiro atoms. The van der Waals surface area contributed by atoms with Gasteiger partial charge in [-0.3, -0.25) is 0 Å². The lowest BCUT2D eigenvalue weighted by molar-refractivity contribution is -0.0836. The summed E-state index contributed by atoms with van der Waals surface area (Å²) in [7, 11) is 2.39. The van der Waals surface area contributed by atoms with E-state index in [9.17, 15) is 0 Å². The number of hydrogen-bond acceptors (Lipinski definition) is 9. The van der Waals surface area contributed by atoms with Gasteiger partial charge in [0.05, 0.1) is 25.4 Å². The van der Waals surface area contributed by atoms with Gasteiger partial charge in [-0.15, -0.1) is 0 Å². The first-order valence-corrected chi connectivity index (χ1v) is 14.6. The third-order valence-corrected chi connectivity index (χ3v) is 7.68. The normalized spacial score (nSPS) is 25.3. The van der Waals surface area contributed by atoms with E-state index in [1.807, 2.05) is 0 Å². The van der Waals surface area contributed by atoms with Crippen molar-refractivity contribution < 1.29 is 42.0 Å². The van der Waals surface area contributed by atoms with Crippen LogP contribution in [0, 0.1) is 5.92 Å². The second-order valence-corrected chi connectivity index (χ2v) is 11.1. The lowest BCUT2D eigenvalue weighted by Gasteiger charge is -2.18. The zero-order chi connectivity index (χ0) is 22.0. The highest BCUT2D eigenvalue weighted by Gasteiger charge is 2.43. The molecule has 3 fully saturated rings. The van der Waals surface area contributed by atoms with Gasteiger partial charge in [0.2, 0.25) is 0 Å². The van der Waals surface area contributed by atoms with Gasteiger partial charge < -0.3 is 42.0 Å². The van der Waals surface area contributed by atoms with E-state index in [1.165, 1.54) is 31.7 Å². The summed E-state index contributed by atoms with van der Waals surface area (Å²) in [5.41, 5.74) is 0. The third kappa shape index (κ3) is 19.0. The van der Waals surface area contributed by atoms with Crippen LogP contribution in [0.2, 0.25) is 12.1 Å². The Morgan fingerprint density at radius 3 is 2.09 bits per heavy atom. The molecule has 0 aromatic rings. The summed E-state index contributed by atoms with van der Waals surface area (Å²) in [6.07, 6.45) is 7.95. The van der Waals surface area contributed by atoms with Crippen molar-refractivity contribution in [1.29, 1.82) is 0 Å². The van der Waals surface area contributed by atoms with Gasteiger partial charge in [-0.05, 0) is 43.7 Å². The smallest absolute Gasteiger partial charge is 0.164 e. The van der Waals surface area contributed by atoms with Crippen molar-refractivity contribution in [3.8, 4) is 0 Å². The van der Waals surface area contributed by atoms with Crippen molar-refractivity contribution in [3.63, 3.8) is 0 Å². The number of epoxide rings is 2. The van der Waals surface area contributed by atoms with E-state index in [2.05, 4.69) is 0 Å². The van der Waals surface area contributed by atoms with Crippen LogP contribution in [-0.2, 0) is 42.0 Å². The molecule has 200 valence electrons. The van der Waals surface area contributed by atoms with Gasteiger partial charge >= 0.3 is 0 Å². The summed E-state index contributed by atoms with van der Waals surface area (Å²) in [4.78, 5) is 0. The zero-order valence-electron chi connectivity index (χ0n) is 19.3. The average molecular weight is 515 g/mol. The molecule has 0 radical (unpaired) electrons. The fraction of sp³-hybridized carbons (Fsp3) is 1.00. The molecule has 1 saturated carbocycles. The van der Waals surface area contributed by atoms with Crippen molar-refractivity contribution in [2.45, 2.75) is 77.4 Å². The molecule has 3 rings (SSSR count). The predicted octanol–water partition coefficient (Wildman–Crippen LogP) is 2.20. The third-order valence-electron chi connectivity index (χ3n) is 5.28. The SMILES string of the molecule is C.C.COCOCO[SiH2]CCC1CCC2OC2C1.COCOCO[SiH2]CCCOCC1CO1. The van der Waals surface area contributed by atoms with E-state index in [-0.39, 0.29) is 24.6 Å². The Hall–Kier alpha value is 0.0738. The Bertz CT molecular complexity index is 419. The lowest BCUT2D eigenvalue weighted by Crippen LogP contribution is -2.14. The van der Waals surface area contributed by atoms with E-state index in [4.69, 9.17) is 42.0 Å². The minimum atomic E-state index is -0.440. The van der Waals surface area contributed by atoms with E-state index in [1.54, 1.807) is 14.2 Å². The minimum absolute atomic E-state index is 0. The van der Waals surface area contributed by atoms with Crippen molar-refractivity contribution in [3.05, 3.63) is 0 Å². The Morgan fingerprint density at radius 1 is 0.818 bits per heavy atom. The van der Waals surface area contributed by atoms with Crippen molar-refractivity contribution >= 4 is 19.5 Å². The molecule has 0 aromatic heterocycles. The largest absolute Gasteiger partial charge is 0.402 e. The first-order valence-electron chi connectivity index (χ1n) is 11.5. The van der Waals surface area contributed by atoms with Gasteiger partial charge in [-0.25, -0.2) is 0 Å². The highest BCUT2D eigenvalue weighted by atomic mass is 28.2. The molecular weight excluding hydrogens is 464 g/mol. The molecule has 4 unspecified atom stereocenters. The topological polar surface area (TPSA) is 89.7 Å². The first-order chi connectivity index (χ1) is 15.3. The maximum absolute atomic E-state index is 5.53. The Kier molecular flexibility index (Phi) is 22.6. The van der Waals surface area contributed by atoms with Gasteiger partial charge in [0.15, 0.2) is 19.5 Å². The van der Waals surface area contributed by atoms with E-state index in [0.717, 1.165) is 38.2 Å². The van der Waals surface area contributed by atoms with Crippen LogP contribution in [0.25, 0.3) is 0 Å². The molecule has 0 bridgehead atoms. The molecule has 0 aromatic carbocycles. The monoisotopic (exact) mass is 514 g/mol. The van der Waals surface area contributed by atoms with Crippen LogP contribution in [0.3, 0.4) is 0 Å². The maximum atomic E-state index is 5.53. The van der Waals surface area contributed by atoms with Crippen molar-refractivity contribution in [1.82, 2.24) is 0 Å². The molecule has 0 N–H and O–H groups in total. The minimum Gasteiger partial charge on any atom is -0.402 e. The number of methoxy groups -OCH3 is 2. The highest BCUT2D eigenvalue weighted by Crippen LogP contribution is 2.40. The first kappa shape index (κ1) is 33.1. The second kappa shape index (κ2) is 22.5. The number of ether oxygens (including phenoxy) is 7. The van der Waals surface area contributed by atoms with E-state index in [0.29, 0.717) is 45.5 Å². The summed E-state index contributed by atoms with van der Waals surface area (Å²) in [6, 6.07) is 2.39. The van der Waals surface area contributed by atoms with Gasteiger partial charge in [-0.1, -0.05) is 21.3 Å². The molecule has 1 aliphatic carbocycles. The average Bonchev–Trinajstić information content (AvgIpc) is 3.70. The maximum Gasteiger partial charge on any atom is 0.164 e. The van der Waals surface area contributed by atoms with Crippen molar-refractivity contribution in [2.75, 3.05) is 61.2 Å². The van der Waals surface area contributed by atoms with Crippen LogP contribution in [0.4, 0.5) is 0 Å². The molecule has 11 heteroatoms. The molecule has 2 aliphatic heterocycles. The fourth-order valence-electron chi connectivity index (χ4n) is 3.48. The molecule has 4 atom stereocenters. The highest BCUT2D eigenvalue weighted by molar-refractivity contribution is 6.27. The van der Waals surface area contributed by atoms with Gasteiger partial charge in [-0.2, -0.15) is 0 Å². The second-order valence-electron chi connectivity index (χ2n) is 8.05. The molecule has 2 saturated heterocycles. The Morgan fingerprint density at radius 2 is 1.48 bits per heavy atom. The number of rotatable bonds is 19. The summed E-state index contributed by atoms with van der Waals surface area (Å²) in [5, 5.41) is 0. The lowest BCUT2D eigenvalue weighted by atomic mass is 9.88. The van der Waals surface area contributed by atoms with Crippen molar-refractivity contribution in [2.24, 2.45) is 5.92 Å². The van der Waals surface area contributed by atoms with Gasteiger partial charge in [0, 0.05) is 20.8 Å². The molecule has 33 heavy (non-hydrogen) atoms. The van der Waals surface area contributed by atoms with Crippen LogP contribution >= 0.6 is 0 Å². The zero-order valence-corrected chi connectivity index (χ0v) is 22.1. The van der Waals surface area contributed by atoms with Crippen LogP contribution in [-0.4, -0.2) is 99.1 Å².